The van der Waals surface area contributed by atoms with E-state index >= 15 is 0 Å². The monoisotopic (exact) mass is 366 g/mol. The zero-order valence-electron chi connectivity index (χ0n) is 15.5. The Hall–Kier alpha value is -3.02. The molecule has 27 heavy (non-hydrogen) atoms. The minimum Gasteiger partial charge on any atom is -0.493 e. The standard InChI is InChI=1S/C21H22N2O4/c1-13-9-14(2)21-15(10-13)16(7-8-26-21)22-19(24)11-23-17-5-3-4-6-18(17)27-12-20(23)25/h3-6,9-10,16H,7-8,11-12H2,1-2H3,(H,22,24). The third-order valence-corrected chi connectivity index (χ3v) is 4.92. The number of carbonyl (C=O) groups excluding carboxylic acids is 2. The zero-order chi connectivity index (χ0) is 19.0. The molecule has 2 aliphatic heterocycles. The van der Waals surface area contributed by atoms with E-state index in [1.54, 1.807) is 12.1 Å². The second-order valence-corrected chi connectivity index (χ2v) is 6.99. The number of ether oxygens (including phenoxy) is 2. The largest absolute Gasteiger partial charge is 0.493 e. The third kappa shape index (κ3) is 3.35. The van der Waals surface area contributed by atoms with Gasteiger partial charge in [0.25, 0.3) is 5.91 Å². The van der Waals surface area contributed by atoms with Crippen LogP contribution in [0.1, 0.15) is 29.2 Å². The number of rotatable bonds is 3. The van der Waals surface area contributed by atoms with Crippen LogP contribution >= 0.6 is 0 Å². The molecule has 2 aromatic rings. The topological polar surface area (TPSA) is 67.9 Å². The molecule has 0 spiro atoms. The third-order valence-electron chi connectivity index (χ3n) is 4.92. The van der Waals surface area contributed by atoms with E-state index < -0.39 is 0 Å². The summed E-state index contributed by atoms with van der Waals surface area (Å²) in [7, 11) is 0. The van der Waals surface area contributed by atoms with E-state index in [2.05, 4.69) is 17.4 Å². The van der Waals surface area contributed by atoms with E-state index in [-0.39, 0.29) is 31.0 Å². The lowest BCUT2D eigenvalue weighted by atomic mass is 9.95. The van der Waals surface area contributed by atoms with E-state index in [0.29, 0.717) is 24.5 Å². The summed E-state index contributed by atoms with van der Waals surface area (Å²) in [4.78, 5) is 26.5. The van der Waals surface area contributed by atoms with Gasteiger partial charge in [-0.3, -0.25) is 14.5 Å². The molecule has 1 N–H and O–H groups in total. The zero-order valence-corrected chi connectivity index (χ0v) is 15.5. The normalized spacial score (nSPS) is 18.1. The van der Waals surface area contributed by atoms with E-state index in [9.17, 15) is 9.59 Å². The number of anilines is 1. The van der Waals surface area contributed by atoms with Crippen LogP contribution in [-0.2, 0) is 9.59 Å². The Labute approximate surface area is 158 Å². The summed E-state index contributed by atoms with van der Waals surface area (Å²) in [6.45, 7) is 4.52. The quantitative estimate of drug-likeness (QED) is 0.907. The average Bonchev–Trinajstić information content (AvgIpc) is 2.65. The smallest absolute Gasteiger partial charge is 0.265 e. The molecule has 2 aromatic carbocycles. The molecule has 0 radical (unpaired) electrons. The van der Waals surface area contributed by atoms with Crippen LogP contribution in [0.15, 0.2) is 36.4 Å². The minimum atomic E-state index is -0.220. The first kappa shape index (κ1) is 17.4. The second kappa shape index (κ2) is 6.95. The summed E-state index contributed by atoms with van der Waals surface area (Å²) in [6.07, 6.45) is 0.704. The molecule has 2 aliphatic rings. The second-order valence-electron chi connectivity index (χ2n) is 6.99. The number of fused-ring (bicyclic) bond motifs is 2. The van der Waals surface area contributed by atoms with Crippen LogP contribution in [0.2, 0.25) is 0 Å². The maximum absolute atomic E-state index is 12.7. The molecule has 6 heteroatoms. The number of nitrogens with one attached hydrogen (secondary N) is 1. The lowest BCUT2D eigenvalue weighted by Crippen LogP contribution is -2.46. The van der Waals surface area contributed by atoms with Gasteiger partial charge < -0.3 is 14.8 Å². The number of hydrogen-bond donors (Lipinski definition) is 1. The van der Waals surface area contributed by atoms with Gasteiger partial charge in [0.2, 0.25) is 5.91 Å². The summed E-state index contributed by atoms with van der Waals surface area (Å²) in [5.74, 6) is 1.05. The predicted molar refractivity (Wildman–Crippen MR) is 101 cm³/mol. The maximum atomic E-state index is 12.7. The van der Waals surface area contributed by atoms with Gasteiger partial charge in [-0.05, 0) is 31.5 Å². The Morgan fingerprint density at radius 1 is 1.22 bits per heavy atom. The summed E-state index contributed by atoms with van der Waals surface area (Å²) in [5.41, 5.74) is 3.83. The number of para-hydroxylation sites is 2. The highest BCUT2D eigenvalue weighted by molar-refractivity contribution is 6.02. The van der Waals surface area contributed by atoms with Gasteiger partial charge in [0.15, 0.2) is 6.61 Å². The fourth-order valence-corrected chi connectivity index (χ4v) is 3.74. The molecular formula is C21H22N2O4. The Kier molecular flexibility index (Phi) is 4.48. The molecule has 0 aromatic heterocycles. The number of hydrogen-bond acceptors (Lipinski definition) is 4. The highest BCUT2D eigenvalue weighted by Crippen LogP contribution is 2.36. The molecule has 1 unspecified atom stereocenters. The summed E-state index contributed by atoms with van der Waals surface area (Å²) in [5, 5.41) is 3.07. The van der Waals surface area contributed by atoms with Crippen LogP contribution in [-0.4, -0.2) is 31.6 Å². The van der Waals surface area contributed by atoms with E-state index in [1.165, 1.54) is 4.90 Å². The highest BCUT2D eigenvalue weighted by atomic mass is 16.5. The van der Waals surface area contributed by atoms with Crippen molar-refractivity contribution >= 4 is 17.5 Å². The van der Waals surface area contributed by atoms with Crippen molar-refractivity contribution < 1.29 is 19.1 Å². The molecule has 0 bridgehead atoms. The molecule has 6 nitrogen and oxygen atoms in total. The van der Waals surface area contributed by atoms with E-state index in [0.717, 1.165) is 22.4 Å². The van der Waals surface area contributed by atoms with Crippen molar-refractivity contribution in [1.29, 1.82) is 0 Å². The van der Waals surface area contributed by atoms with E-state index in [4.69, 9.17) is 9.47 Å². The van der Waals surface area contributed by atoms with Crippen molar-refractivity contribution in [3.05, 3.63) is 53.1 Å². The molecule has 140 valence electrons. The van der Waals surface area contributed by atoms with Gasteiger partial charge in [0.05, 0.1) is 18.3 Å². The van der Waals surface area contributed by atoms with Gasteiger partial charge >= 0.3 is 0 Å². The molecule has 1 atom stereocenters. The van der Waals surface area contributed by atoms with Crippen LogP contribution in [0, 0.1) is 13.8 Å². The van der Waals surface area contributed by atoms with Crippen molar-refractivity contribution in [2.75, 3.05) is 24.7 Å². The number of aryl methyl sites for hydroxylation is 2. The molecular weight excluding hydrogens is 344 g/mol. The van der Waals surface area contributed by atoms with Crippen LogP contribution in [0.3, 0.4) is 0 Å². The average molecular weight is 366 g/mol. The molecule has 0 saturated carbocycles. The van der Waals surface area contributed by atoms with Gasteiger partial charge in [0, 0.05) is 12.0 Å². The lowest BCUT2D eigenvalue weighted by Gasteiger charge is -2.31. The van der Waals surface area contributed by atoms with Gasteiger partial charge in [-0.15, -0.1) is 0 Å². The first-order valence-corrected chi connectivity index (χ1v) is 9.08. The first-order valence-electron chi connectivity index (χ1n) is 9.08. The van der Waals surface area contributed by atoms with E-state index in [1.807, 2.05) is 26.0 Å². The molecule has 2 amide bonds. The first-order chi connectivity index (χ1) is 13.0. The SMILES string of the molecule is Cc1cc(C)c2c(c1)C(NC(=O)CN1C(=O)COc3ccccc31)CCO2. The van der Waals surface area contributed by atoms with Crippen LogP contribution in [0.4, 0.5) is 5.69 Å². The molecule has 2 heterocycles. The van der Waals surface area contributed by atoms with Crippen molar-refractivity contribution in [3.8, 4) is 11.5 Å². The van der Waals surface area contributed by atoms with Crippen molar-refractivity contribution in [2.24, 2.45) is 0 Å². The van der Waals surface area contributed by atoms with Crippen LogP contribution < -0.4 is 19.7 Å². The Balaban J connectivity index is 1.53. The van der Waals surface area contributed by atoms with Gasteiger partial charge in [-0.25, -0.2) is 0 Å². The maximum Gasteiger partial charge on any atom is 0.265 e. The van der Waals surface area contributed by atoms with Crippen LogP contribution in [0.5, 0.6) is 11.5 Å². The fraction of sp³-hybridized carbons (Fsp3) is 0.333. The van der Waals surface area contributed by atoms with Gasteiger partial charge in [0.1, 0.15) is 18.0 Å². The van der Waals surface area contributed by atoms with Crippen molar-refractivity contribution in [3.63, 3.8) is 0 Å². The number of benzene rings is 2. The fourth-order valence-electron chi connectivity index (χ4n) is 3.74. The number of nitrogens with zero attached hydrogens (tertiary/aromatic N) is 1. The molecule has 4 rings (SSSR count). The number of amides is 2. The van der Waals surface area contributed by atoms with Gasteiger partial charge in [-0.2, -0.15) is 0 Å². The Bertz CT molecular complexity index is 909. The summed E-state index contributed by atoms with van der Waals surface area (Å²) in [6, 6.07) is 11.3. The highest BCUT2D eigenvalue weighted by Gasteiger charge is 2.29. The summed E-state index contributed by atoms with van der Waals surface area (Å²) < 4.78 is 11.2. The van der Waals surface area contributed by atoms with Crippen LogP contribution in [0.25, 0.3) is 0 Å². The van der Waals surface area contributed by atoms with Gasteiger partial charge in [-0.1, -0.05) is 29.8 Å². The summed E-state index contributed by atoms with van der Waals surface area (Å²) >= 11 is 0. The minimum absolute atomic E-state index is 0.0311. The van der Waals surface area contributed by atoms with Crippen molar-refractivity contribution in [1.82, 2.24) is 5.32 Å². The molecule has 0 aliphatic carbocycles. The Morgan fingerprint density at radius 3 is 2.89 bits per heavy atom. The lowest BCUT2D eigenvalue weighted by molar-refractivity contribution is -0.125. The predicted octanol–water partition coefficient (Wildman–Crippen LogP) is 2.67. The molecule has 0 fully saturated rings. The Morgan fingerprint density at radius 2 is 2.04 bits per heavy atom. The van der Waals surface area contributed by atoms with Crippen molar-refractivity contribution in [2.45, 2.75) is 26.3 Å². The number of carbonyl (C=O) groups is 2. The molecule has 0 saturated heterocycles.